The number of rotatable bonds is 3. The van der Waals surface area contributed by atoms with Crippen LogP contribution in [0.1, 0.15) is 11.3 Å². The maximum Gasteiger partial charge on any atom is 0.254 e. The van der Waals surface area contributed by atoms with Gasteiger partial charge in [0.25, 0.3) is 5.56 Å². The summed E-state index contributed by atoms with van der Waals surface area (Å²) in [5.74, 6) is 0.495. The Morgan fingerprint density at radius 1 is 1.53 bits per heavy atom. The van der Waals surface area contributed by atoms with Crippen molar-refractivity contribution in [3.63, 3.8) is 0 Å². The van der Waals surface area contributed by atoms with Crippen LogP contribution in [-0.2, 0) is 13.5 Å². The van der Waals surface area contributed by atoms with Gasteiger partial charge in [-0.1, -0.05) is 0 Å². The third-order valence-corrected chi connectivity index (χ3v) is 2.64. The third kappa shape index (κ3) is 2.12. The molecule has 2 aromatic rings. The van der Waals surface area contributed by atoms with Crippen LogP contribution in [0.5, 0.6) is 0 Å². The Labute approximate surface area is 98.0 Å². The van der Waals surface area contributed by atoms with E-state index in [4.69, 9.17) is 5.11 Å². The molecule has 0 aliphatic heterocycles. The predicted octanol–water partition coefficient (Wildman–Crippen LogP) is 0.0136. The number of aromatic nitrogens is 4. The van der Waals surface area contributed by atoms with E-state index in [9.17, 15) is 4.79 Å². The number of aryl methyl sites for hydroxylation is 2. The van der Waals surface area contributed by atoms with Crippen molar-refractivity contribution in [1.29, 1.82) is 0 Å². The first kappa shape index (κ1) is 11.5. The number of nitrogens with one attached hydrogen (secondary N) is 1. The fourth-order valence-corrected chi connectivity index (χ4v) is 1.72. The summed E-state index contributed by atoms with van der Waals surface area (Å²) in [5, 5.41) is 8.87. The molecule has 0 radical (unpaired) electrons. The SMILES string of the molecule is Cc1nc(-c2cncn2C)[nH]c(=O)c1CCO. The highest BCUT2D eigenvalue weighted by Crippen LogP contribution is 2.12. The van der Waals surface area contributed by atoms with Gasteiger partial charge in [-0.15, -0.1) is 0 Å². The molecule has 0 aliphatic carbocycles. The summed E-state index contributed by atoms with van der Waals surface area (Å²) < 4.78 is 1.78. The van der Waals surface area contributed by atoms with Gasteiger partial charge >= 0.3 is 0 Å². The van der Waals surface area contributed by atoms with Gasteiger partial charge in [-0.05, 0) is 6.92 Å². The molecule has 2 aromatic heterocycles. The molecule has 90 valence electrons. The molecule has 0 saturated heterocycles. The number of nitrogens with zero attached hydrogens (tertiary/aromatic N) is 3. The molecular formula is C11H14N4O2. The van der Waals surface area contributed by atoms with Gasteiger partial charge < -0.3 is 14.7 Å². The first-order valence-electron chi connectivity index (χ1n) is 5.31. The Morgan fingerprint density at radius 3 is 2.82 bits per heavy atom. The van der Waals surface area contributed by atoms with Gasteiger partial charge in [0.15, 0.2) is 5.82 Å². The van der Waals surface area contributed by atoms with Crippen LogP contribution in [-0.4, -0.2) is 31.2 Å². The van der Waals surface area contributed by atoms with Gasteiger partial charge in [-0.25, -0.2) is 9.97 Å². The molecule has 0 fully saturated rings. The van der Waals surface area contributed by atoms with Crippen LogP contribution in [0.3, 0.4) is 0 Å². The highest BCUT2D eigenvalue weighted by molar-refractivity contribution is 5.48. The van der Waals surface area contributed by atoms with Crippen LogP contribution >= 0.6 is 0 Å². The molecule has 6 nitrogen and oxygen atoms in total. The van der Waals surface area contributed by atoms with E-state index < -0.39 is 0 Å². The summed E-state index contributed by atoms with van der Waals surface area (Å²) in [4.78, 5) is 22.8. The standard InChI is InChI=1S/C11H14N4O2/c1-7-8(3-4-16)11(17)14-10(13-7)9-5-12-6-15(9)2/h5-6,16H,3-4H2,1-2H3,(H,13,14,17). The minimum Gasteiger partial charge on any atom is -0.396 e. The van der Waals surface area contributed by atoms with E-state index in [1.165, 1.54) is 0 Å². The summed E-state index contributed by atoms with van der Waals surface area (Å²) in [6, 6.07) is 0. The lowest BCUT2D eigenvalue weighted by atomic mass is 10.2. The van der Waals surface area contributed by atoms with Crippen LogP contribution < -0.4 is 5.56 Å². The lowest BCUT2D eigenvalue weighted by molar-refractivity contribution is 0.298. The van der Waals surface area contributed by atoms with E-state index >= 15 is 0 Å². The van der Waals surface area contributed by atoms with Gasteiger partial charge in [0.2, 0.25) is 0 Å². The van der Waals surface area contributed by atoms with Gasteiger partial charge in [-0.2, -0.15) is 0 Å². The Morgan fingerprint density at radius 2 is 2.29 bits per heavy atom. The molecule has 2 heterocycles. The minimum atomic E-state index is -0.206. The number of aliphatic hydroxyl groups excluding tert-OH is 1. The largest absolute Gasteiger partial charge is 0.396 e. The molecular weight excluding hydrogens is 220 g/mol. The van der Waals surface area contributed by atoms with E-state index in [1.807, 2.05) is 7.05 Å². The number of hydrogen-bond donors (Lipinski definition) is 2. The zero-order chi connectivity index (χ0) is 12.4. The number of hydrogen-bond acceptors (Lipinski definition) is 4. The lowest BCUT2D eigenvalue weighted by Crippen LogP contribution is -2.19. The van der Waals surface area contributed by atoms with Gasteiger partial charge in [0.1, 0.15) is 5.69 Å². The Bertz CT molecular complexity index is 585. The van der Waals surface area contributed by atoms with Crippen molar-refractivity contribution in [2.24, 2.45) is 7.05 Å². The summed E-state index contributed by atoms with van der Waals surface area (Å²) in [6.07, 6.45) is 3.61. The van der Waals surface area contributed by atoms with Gasteiger partial charge in [0, 0.05) is 31.3 Å². The number of imidazole rings is 1. The molecule has 0 saturated carbocycles. The van der Waals surface area contributed by atoms with E-state index in [0.717, 1.165) is 5.69 Å². The second kappa shape index (κ2) is 4.50. The monoisotopic (exact) mass is 234 g/mol. The van der Waals surface area contributed by atoms with E-state index in [2.05, 4.69) is 15.0 Å². The summed E-state index contributed by atoms with van der Waals surface area (Å²) >= 11 is 0. The molecule has 0 aromatic carbocycles. The number of H-pyrrole nitrogens is 1. The molecule has 0 unspecified atom stereocenters. The molecule has 2 N–H and O–H groups in total. The van der Waals surface area contributed by atoms with E-state index in [-0.39, 0.29) is 12.2 Å². The average molecular weight is 234 g/mol. The molecule has 6 heteroatoms. The van der Waals surface area contributed by atoms with Crippen molar-refractivity contribution in [2.75, 3.05) is 6.61 Å². The van der Waals surface area contributed by atoms with Crippen LogP contribution in [0.4, 0.5) is 0 Å². The summed E-state index contributed by atoms with van der Waals surface area (Å²) in [5.41, 5.74) is 1.71. The van der Waals surface area contributed by atoms with Crippen molar-refractivity contribution < 1.29 is 5.11 Å². The Hall–Kier alpha value is -1.95. The number of aromatic amines is 1. The average Bonchev–Trinajstić information content (AvgIpc) is 2.69. The molecule has 0 atom stereocenters. The molecule has 0 aliphatic rings. The van der Waals surface area contributed by atoms with E-state index in [0.29, 0.717) is 23.5 Å². The Kier molecular flexibility index (Phi) is 3.06. The van der Waals surface area contributed by atoms with E-state index in [1.54, 1.807) is 24.0 Å². The van der Waals surface area contributed by atoms with Crippen molar-refractivity contribution in [2.45, 2.75) is 13.3 Å². The van der Waals surface area contributed by atoms with Crippen molar-refractivity contribution in [1.82, 2.24) is 19.5 Å². The van der Waals surface area contributed by atoms with Gasteiger partial charge in [0.05, 0.1) is 12.5 Å². The highest BCUT2D eigenvalue weighted by atomic mass is 16.3. The second-order valence-electron chi connectivity index (χ2n) is 3.84. The van der Waals surface area contributed by atoms with Crippen LogP contribution in [0.25, 0.3) is 11.5 Å². The number of aliphatic hydroxyl groups is 1. The van der Waals surface area contributed by atoms with Crippen molar-refractivity contribution in [3.8, 4) is 11.5 Å². The Balaban J connectivity index is 2.53. The molecule has 2 rings (SSSR count). The van der Waals surface area contributed by atoms with Crippen LogP contribution in [0.15, 0.2) is 17.3 Å². The van der Waals surface area contributed by atoms with Crippen molar-refractivity contribution in [3.05, 3.63) is 34.1 Å². The molecule has 17 heavy (non-hydrogen) atoms. The minimum absolute atomic E-state index is 0.0589. The summed E-state index contributed by atoms with van der Waals surface area (Å²) in [6.45, 7) is 1.71. The zero-order valence-electron chi connectivity index (χ0n) is 9.77. The fraction of sp³-hybridized carbons (Fsp3) is 0.364. The maximum absolute atomic E-state index is 11.8. The van der Waals surface area contributed by atoms with Crippen LogP contribution in [0, 0.1) is 6.92 Å². The first-order chi connectivity index (χ1) is 8.13. The molecule has 0 bridgehead atoms. The first-order valence-corrected chi connectivity index (χ1v) is 5.31. The molecule has 0 spiro atoms. The van der Waals surface area contributed by atoms with Crippen molar-refractivity contribution >= 4 is 0 Å². The predicted molar refractivity (Wildman–Crippen MR) is 62.6 cm³/mol. The smallest absolute Gasteiger partial charge is 0.254 e. The fourth-order valence-electron chi connectivity index (χ4n) is 1.72. The van der Waals surface area contributed by atoms with Gasteiger partial charge in [-0.3, -0.25) is 4.79 Å². The highest BCUT2D eigenvalue weighted by Gasteiger charge is 2.10. The zero-order valence-corrected chi connectivity index (χ0v) is 9.77. The molecule has 0 amide bonds. The summed E-state index contributed by atoms with van der Waals surface area (Å²) in [7, 11) is 1.83. The quantitative estimate of drug-likeness (QED) is 0.783. The lowest BCUT2D eigenvalue weighted by Gasteiger charge is -2.06. The second-order valence-corrected chi connectivity index (χ2v) is 3.84. The van der Waals surface area contributed by atoms with Crippen LogP contribution in [0.2, 0.25) is 0 Å². The topological polar surface area (TPSA) is 83.8 Å². The normalized spacial score (nSPS) is 10.8. The third-order valence-electron chi connectivity index (χ3n) is 2.64. The maximum atomic E-state index is 11.8.